The van der Waals surface area contributed by atoms with E-state index in [2.05, 4.69) is 28.4 Å². The van der Waals surface area contributed by atoms with Crippen LogP contribution in [0.1, 0.15) is 26.1 Å². The van der Waals surface area contributed by atoms with Crippen LogP contribution in [0.25, 0.3) is 11.2 Å². The summed E-state index contributed by atoms with van der Waals surface area (Å²) in [5.41, 5.74) is 1.81. The van der Waals surface area contributed by atoms with Crippen LogP contribution in [-0.2, 0) is 23.0 Å². The van der Waals surface area contributed by atoms with E-state index in [1.807, 2.05) is 12.1 Å². The number of aromatic nitrogens is 4. The van der Waals surface area contributed by atoms with Gasteiger partial charge in [0.25, 0.3) is 0 Å². The SMILES string of the molecule is CC(C)Cn1c(C[C@@H]2CCN(S(=O)(=O)c3cccnc3)C2)nc2cccnc21. The largest absolute Gasteiger partial charge is 0.312 e. The Bertz CT molecular complexity index is 1060. The average molecular weight is 400 g/mol. The topological polar surface area (TPSA) is 81.0 Å². The first-order valence-electron chi connectivity index (χ1n) is 9.65. The van der Waals surface area contributed by atoms with E-state index in [9.17, 15) is 8.42 Å². The highest BCUT2D eigenvalue weighted by Crippen LogP contribution is 2.27. The standard InChI is InChI=1S/C20H25N5O2S/c1-15(2)13-25-19(23-18-6-4-9-22-20(18)25)11-16-7-10-24(14-16)28(26,27)17-5-3-8-21-12-17/h3-6,8-9,12,15-16H,7,10-11,13-14H2,1-2H3/t16-/m0/s1. The molecule has 148 valence electrons. The molecule has 1 saturated heterocycles. The van der Waals surface area contributed by atoms with E-state index in [4.69, 9.17) is 4.98 Å². The lowest BCUT2D eigenvalue weighted by molar-refractivity contribution is 0.444. The van der Waals surface area contributed by atoms with Gasteiger partial charge in [0.2, 0.25) is 10.0 Å². The van der Waals surface area contributed by atoms with Gasteiger partial charge in [-0.05, 0) is 42.5 Å². The number of hydrogen-bond donors (Lipinski definition) is 0. The second-order valence-electron chi connectivity index (χ2n) is 7.79. The van der Waals surface area contributed by atoms with Crippen molar-refractivity contribution in [1.29, 1.82) is 0 Å². The van der Waals surface area contributed by atoms with E-state index in [0.717, 1.165) is 36.4 Å². The average Bonchev–Trinajstić information content (AvgIpc) is 3.28. The van der Waals surface area contributed by atoms with E-state index < -0.39 is 10.0 Å². The van der Waals surface area contributed by atoms with Crippen LogP contribution in [0, 0.1) is 11.8 Å². The Morgan fingerprint density at radius 2 is 2.04 bits per heavy atom. The number of pyridine rings is 2. The van der Waals surface area contributed by atoms with Crippen LogP contribution in [0.15, 0.2) is 47.8 Å². The number of fused-ring (bicyclic) bond motifs is 1. The summed E-state index contributed by atoms with van der Waals surface area (Å²) in [5, 5.41) is 0. The van der Waals surface area contributed by atoms with Gasteiger partial charge in [-0.1, -0.05) is 13.8 Å². The van der Waals surface area contributed by atoms with E-state index >= 15 is 0 Å². The molecule has 28 heavy (non-hydrogen) atoms. The molecule has 1 aliphatic heterocycles. The van der Waals surface area contributed by atoms with Gasteiger partial charge in [-0.15, -0.1) is 0 Å². The zero-order chi connectivity index (χ0) is 19.7. The third-order valence-electron chi connectivity index (χ3n) is 5.12. The molecule has 0 radical (unpaired) electrons. The van der Waals surface area contributed by atoms with Crippen molar-refractivity contribution in [3.8, 4) is 0 Å². The van der Waals surface area contributed by atoms with Crippen molar-refractivity contribution in [3.63, 3.8) is 0 Å². The second-order valence-corrected chi connectivity index (χ2v) is 9.73. The maximum Gasteiger partial charge on any atom is 0.244 e. The number of nitrogens with zero attached hydrogens (tertiary/aromatic N) is 5. The first kappa shape index (κ1) is 19.0. The molecular weight excluding hydrogens is 374 g/mol. The van der Waals surface area contributed by atoms with Crippen LogP contribution in [0.4, 0.5) is 0 Å². The van der Waals surface area contributed by atoms with Gasteiger partial charge in [-0.25, -0.2) is 18.4 Å². The van der Waals surface area contributed by atoms with Gasteiger partial charge in [-0.2, -0.15) is 4.31 Å². The Hall–Kier alpha value is -2.32. The first-order chi connectivity index (χ1) is 13.4. The third-order valence-corrected chi connectivity index (χ3v) is 6.97. The van der Waals surface area contributed by atoms with Crippen LogP contribution in [0.3, 0.4) is 0 Å². The first-order valence-corrected chi connectivity index (χ1v) is 11.1. The highest BCUT2D eigenvalue weighted by molar-refractivity contribution is 7.89. The number of hydrogen-bond acceptors (Lipinski definition) is 5. The predicted molar refractivity (Wildman–Crippen MR) is 107 cm³/mol. The van der Waals surface area contributed by atoms with Gasteiger partial charge < -0.3 is 4.57 Å². The molecule has 1 atom stereocenters. The predicted octanol–water partition coefficient (Wildman–Crippen LogP) is 2.74. The molecule has 1 aliphatic rings. The Kier molecular flexibility index (Phi) is 5.16. The quantitative estimate of drug-likeness (QED) is 0.637. The van der Waals surface area contributed by atoms with Crippen molar-refractivity contribution in [2.75, 3.05) is 13.1 Å². The molecule has 0 N–H and O–H groups in total. The van der Waals surface area contributed by atoms with Crippen molar-refractivity contribution in [3.05, 3.63) is 48.7 Å². The van der Waals surface area contributed by atoms with Gasteiger partial charge in [0.15, 0.2) is 5.65 Å². The third kappa shape index (κ3) is 3.66. The normalized spacial score (nSPS) is 18.3. The highest BCUT2D eigenvalue weighted by Gasteiger charge is 2.33. The van der Waals surface area contributed by atoms with Crippen LogP contribution in [0.5, 0.6) is 0 Å². The van der Waals surface area contributed by atoms with Crippen molar-refractivity contribution in [2.45, 2.75) is 38.1 Å². The van der Waals surface area contributed by atoms with Crippen molar-refractivity contribution in [2.24, 2.45) is 11.8 Å². The molecule has 3 aromatic heterocycles. The van der Waals surface area contributed by atoms with Gasteiger partial charge in [0.05, 0.1) is 0 Å². The molecule has 0 spiro atoms. The Morgan fingerprint density at radius 1 is 1.21 bits per heavy atom. The Balaban J connectivity index is 1.55. The summed E-state index contributed by atoms with van der Waals surface area (Å²) in [6, 6.07) is 7.14. The molecular formula is C20H25N5O2S. The number of sulfonamides is 1. The Labute approximate surface area is 165 Å². The minimum absolute atomic E-state index is 0.245. The van der Waals surface area contributed by atoms with E-state index in [1.165, 1.54) is 6.20 Å². The molecule has 7 nitrogen and oxygen atoms in total. The molecule has 0 bridgehead atoms. The van der Waals surface area contributed by atoms with Crippen LogP contribution in [-0.4, -0.2) is 45.3 Å². The summed E-state index contributed by atoms with van der Waals surface area (Å²) in [5.74, 6) is 1.71. The minimum Gasteiger partial charge on any atom is -0.312 e. The van der Waals surface area contributed by atoms with Gasteiger partial charge in [-0.3, -0.25) is 4.98 Å². The van der Waals surface area contributed by atoms with Crippen molar-refractivity contribution < 1.29 is 8.42 Å². The fraction of sp³-hybridized carbons (Fsp3) is 0.450. The van der Waals surface area contributed by atoms with Crippen LogP contribution >= 0.6 is 0 Å². The van der Waals surface area contributed by atoms with E-state index in [0.29, 0.717) is 19.0 Å². The maximum absolute atomic E-state index is 12.8. The number of rotatable bonds is 6. The second kappa shape index (κ2) is 7.60. The minimum atomic E-state index is -3.49. The molecule has 0 unspecified atom stereocenters. The monoisotopic (exact) mass is 399 g/mol. The van der Waals surface area contributed by atoms with E-state index in [1.54, 1.807) is 28.8 Å². The molecule has 0 amide bonds. The molecule has 4 rings (SSSR count). The Morgan fingerprint density at radius 3 is 2.79 bits per heavy atom. The molecule has 4 heterocycles. The van der Waals surface area contributed by atoms with E-state index in [-0.39, 0.29) is 10.8 Å². The smallest absolute Gasteiger partial charge is 0.244 e. The summed E-state index contributed by atoms with van der Waals surface area (Å²) < 4.78 is 29.4. The molecule has 0 aromatic carbocycles. The summed E-state index contributed by atoms with van der Waals surface area (Å²) in [7, 11) is -3.49. The summed E-state index contributed by atoms with van der Waals surface area (Å²) in [4.78, 5) is 13.5. The maximum atomic E-state index is 12.8. The fourth-order valence-corrected chi connectivity index (χ4v) is 5.30. The summed E-state index contributed by atoms with van der Waals surface area (Å²) >= 11 is 0. The lowest BCUT2D eigenvalue weighted by Crippen LogP contribution is -2.29. The fourth-order valence-electron chi connectivity index (χ4n) is 3.81. The summed E-state index contributed by atoms with van der Waals surface area (Å²) in [6.45, 7) is 6.25. The highest BCUT2D eigenvalue weighted by atomic mass is 32.2. The van der Waals surface area contributed by atoms with Gasteiger partial charge >= 0.3 is 0 Å². The summed E-state index contributed by atoms with van der Waals surface area (Å²) in [6.07, 6.45) is 6.37. The van der Waals surface area contributed by atoms with Gasteiger partial charge in [0, 0.05) is 44.6 Å². The van der Waals surface area contributed by atoms with Crippen molar-refractivity contribution >= 4 is 21.2 Å². The van der Waals surface area contributed by atoms with Crippen LogP contribution in [0.2, 0.25) is 0 Å². The molecule has 8 heteroatoms. The lowest BCUT2D eigenvalue weighted by atomic mass is 10.0. The zero-order valence-electron chi connectivity index (χ0n) is 16.2. The van der Waals surface area contributed by atoms with Crippen LogP contribution < -0.4 is 0 Å². The molecule has 0 saturated carbocycles. The van der Waals surface area contributed by atoms with Crippen molar-refractivity contribution in [1.82, 2.24) is 23.8 Å². The lowest BCUT2D eigenvalue weighted by Gasteiger charge is -2.17. The molecule has 1 fully saturated rings. The van der Waals surface area contributed by atoms with Gasteiger partial charge in [0.1, 0.15) is 16.2 Å². The molecule has 0 aliphatic carbocycles. The zero-order valence-corrected chi connectivity index (χ0v) is 17.0. The molecule has 3 aromatic rings. The number of imidazole rings is 1.